The van der Waals surface area contributed by atoms with Crippen molar-refractivity contribution in [2.75, 3.05) is 26.3 Å². The second-order valence-corrected chi connectivity index (χ2v) is 6.44. The van der Waals surface area contributed by atoms with Gasteiger partial charge in [-0.2, -0.15) is 18.3 Å². The molecule has 1 amide bonds. The standard InChI is InChI=1S/C16H16F3N5O3/c17-16(18,19)11-1-10(2-20-3-11)15(25)23-4-13-14(5-23)27-7-12(6-26-13)24-9-21-8-22-24/h1-3,8-9,12-14H,4-7H2/t13-,14-/m0/s1. The average Bonchev–Trinajstić information content (AvgIpc) is 3.28. The minimum Gasteiger partial charge on any atom is -0.371 e. The largest absolute Gasteiger partial charge is 0.417 e. The Bertz CT molecular complexity index is 798. The maximum absolute atomic E-state index is 12.8. The first-order chi connectivity index (χ1) is 12.9. The normalized spacial score (nSPS) is 23.9. The number of carbonyl (C=O) groups is 1. The zero-order chi connectivity index (χ0) is 19.0. The summed E-state index contributed by atoms with van der Waals surface area (Å²) >= 11 is 0. The van der Waals surface area contributed by atoms with Gasteiger partial charge in [-0.3, -0.25) is 9.78 Å². The summed E-state index contributed by atoms with van der Waals surface area (Å²) in [6.07, 6.45) is -0.412. The number of hydrogen-bond acceptors (Lipinski definition) is 6. The lowest BCUT2D eigenvalue weighted by Crippen LogP contribution is -2.31. The molecule has 2 aliphatic rings. The Morgan fingerprint density at radius 3 is 2.41 bits per heavy atom. The van der Waals surface area contributed by atoms with Crippen LogP contribution in [0.25, 0.3) is 0 Å². The first kappa shape index (κ1) is 17.9. The average molecular weight is 383 g/mol. The van der Waals surface area contributed by atoms with E-state index in [1.807, 2.05) is 0 Å². The van der Waals surface area contributed by atoms with Gasteiger partial charge in [0.25, 0.3) is 5.91 Å². The van der Waals surface area contributed by atoms with E-state index in [0.29, 0.717) is 19.4 Å². The third kappa shape index (κ3) is 3.65. The molecule has 0 radical (unpaired) electrons. The number of nitrogens with zero attached hydrogens (tertiary/aromatic N) is 5. The van der Waals surface area contributed by atoms with Crippen molar-refractivity contribution in [2.45, 2.75) is 24.4 Å². The molecule has 0 aliphatic carbocycles. The van der Waals surface area contributed by atoms with E-state index in [2.05, 4.69) is 15.1 Å². The number of rotatable bonds is 2. The molecule has 2 aromatic rings. The molecule has 2 aromatic heterocycles. The summed E-state index contributed by atoms with van der Waals surface area (Å²) in [7, 11) is 0. The Morgan fingerprint density at radius 2 is 1.81 bits per heavy atom. The van der Waals surface area contributed by atoms with E-state index in [1.54, 1.807) is 11.0 Å². The van der Waals surface area contributed by atoms with Crippen molar-refractivity contribution in [1.29, 1.82) is 0 Å². The molecule has 4 rings (SSSR count). The van der Waals surface area contributed by atoms with E-state index in [-0.39, 0.29) is 36.9 Å². The molecular formula is C16H16F3N5O3. The van der Waals surface area contributed by atoms with Gasteiger partial charge in [0.1, 0.15) is 30.9 Å². The van der Waals surface area contributed by atoms with Crippen LogP contribution in [-0.4, -0.2) is 69.1 Å². The highest BCUT2D eigenvalue weighted by atomic mass is 19.4. The van der Waals surface area contributed by atoms with Gasteiger partial charge in [0.2, 0.25) is 0 Å². The molecular weight excluding hydrogens is 367 g/mol. The van der Waals surface area contributed by atoms with Gasteiger partial charge in [-0.05, 0) is 6.07 Å². The van der Waals surface area contributed by atoms with Crippen LogP contribution in [0.3, 0.4) is 0 Å². The first-order valence-electron chi connectivity index (χ1n) is 8.30. The van der Waals surface area contributed by atoms with Gasteiger partial charge in [0, 0.05) is 25.5 Å². The smallest absolute Gasteiger partial charge is 0.371 e. The van der Waals surface area contributed by atoms with Crippen molar-refractivity contribution in [1.82, 2.24) is 24.6 Å². The summed E-state index contributed by atoms with van der Waals surface area (Å²) in [6.45, 7) is 1.17. The topological polar surface area (TPSA) is 82.4 Å². The highest BCUT2D eigenvalue weighted by Crippen LogP contribution is 2.30. The molecule has 0 bridgehead atoms. The summed E-state index contributed by atoms with van der Waals surface area (Å²) in [5.74, 6) is -0.526. The van der Waals surface area contributed by atoms with Crippen molar-refractivity contribution >= 4 is 5.91 Å². The summed E-state index contributed by atoms with van der Waals surface area (Å²) in [6, 6.07) is 0.696. The Morgan fingerprint density at radius 1 is 1.11 bits per heavy atom. The molecule has 8 nitrogen and oxygen atoms in total. The van der Waals surface area contributed by atoms with Crippen molar-refractivity contribution in [3.63, 3.8) is 0 Å². The fourth-order valence-electron chi connectivity index (χ4n) is 3.20. The van der Waals surface area contributed by atoms with Crippen molar-refractivity contribution in [3.05, 3.63) is 42.2 Å². The van der Waals surface area contributed by atoms with Crippen LogP contribution in [0.1, 0.15) is 22.0 Å². The lowest BCUT2D eigenvalue weighted by Gasteiger charge is -2.19. The van der Waals surface area contributed by atoms with Crippen LogP contribution < -0.4 is 0 Å². The Kier molecular flexibility index (Phi) is 4.56. The maximum Gasteiger partial charge on any atom is 0.417 e. The number of carbonyl (C=O) groups excluding carboxylic acids is 1. The molecule has 2 aliphatic heterocycles. The molecule has 0 N–H and O–H groups in total. The number of likely N-dealkylation sites (tertiary alicyclic amines) is 1. The minimum atomic E-state index is -4.55. The highest BCUT2D eigenvalue weighted by Gasteiger charge is 2.40. The number of alkyl halides is 3. The molecule has 0 saturated carbocycles. The predicted octanol–water partition coefficient (Wildman–Crippen LogP) is 1.17. The van der Waals surface area contributed by atoms with Crippen LogP contribution in [0.15, 0.2) is 31.1 Å². The van der Waals surface area contributed by atoms with Gasteiger partial charge < -0.3 is 14.4 Å². The highest BCUT2D eigenvalue weighted by molar-refractivity contribution is 5.94. The number of amides is 1. The van der Waals surface area contributed by atoms with Gasteiger partial charge in [-0.25, -0.2) is 9.67 Å². The van der Waals surface area contributed by atoms with E-state index >= 15 is 0 Å². The molecule has 4 heterocycles. The Hall–Kier alpha value is -2.53. The van der Waals surface area contributed by atoms with Gasteiger partial charge in [0.15, 0.2) is 0 Å². The number of hydrogen-bond donors (Lipinski definition) is 0. The monoisotopic (exact) mass is 383 g/mol. The van der Waals surface area contributed by atoms with Crippen molar-refractivity contribution < 1.29 is 27.4 Å². The zero-order valence-corrected chi connectivity index (χ0v) is 14.0. The van der Waals surface area contributed by atoms with E-state index in [0.717, 1.165) is 12.3 Å². The van der Waals surface area contributed by atoms with Crippen LogP contribution in [0.4, 0.5) is 13.2 Å². The molecule has 2 fully saturated rings. The number of aromatic nitrogens is 4. The summed E-state index contributed by atoms with van der Waals surface area (Å²) < 4.78 is 51.9. The fourth-order valence-corrected chi connectivity index (χ4v) is 3.20. The fraction of sp³-hybridized carbons (Fsp3) is 0.500. The number of pyridine rings is 1. The summed E-state index contributed by atoms with van der Waals surface area (Å²) in [5.41, 5.74) is -1.06. The van der Waals surface area contributed by atoms with Gasteiger partial charge in [0.05, 0.1) is 24.3 Å². The first-order valence-corrected chi connectivity index (χ1v) is 8.30. The van der Waals surface area contributed by atoms with Gasteiger partial charge in [-0.15, -0.1) is 0 Å². The van der Waals surface area contributed by atoms with Gasteiger partial charge in [-0.1, -0.05) is 0 Å². The van der Waals surface area contributed by atoms with Crippen LogP contribution in [0.5, 0.6) is 0 Å². The quantitative estimate of drug-likeness (QED) is 0.775. The predicted molar refractivity (Wildman–Crippen MR) is 83.7 cm³/mol. The van der Waals surface area contributed by atoms with Crippen molar-refractivity contribution in [2.24, 2.45) is 0 Å². The third-order valence-electron chi connectivity index (χ3n) is 4.63. The molecule has 11 heteroatoms. The number of fused-ring (bicyclic) bond motifs is 1. The SMILES string of the molecule is O=C(c1cncc(C(F)(F)F)c1)N1C[C@@H]2OCC(n3cncn3)CO[C@H]2C1. The molecule has 0 aromatic carbocycles. The minimum absolute atomic E-state index is 0.109. The van der Waals surface area contributed by atoms with E-state index < -0.39 is 17.6 Å². The molecule has 27 heavy (non-hydrogen) atoms. The molecule has 2 atom stereocenters. The van der Waals surface area contributed by atoms with E-state index in [9.17, 15) is 18.0 Å². The molecule has 144 valence electrons. The molecule has 0 spiro atoms. The van der Waals surface area contributed by atoms with Gasteiger partial charge >= 0.3 is 6.18 Å². The zero-order valence-electron chi connectivity index (χ0n) is 14.0. The van der Waals surface area contributed by atoms with Crippen LogP contribution in [-0.2, 0) is 15.7 Å². The second kappa shape index (κ2) is 6.89. The Balaban J connectivity index is 1.43. The summed E-state index contributed by atoms with van der Waals surface area (Å²) in [4.78, 5) is 21.5. The lowest BCUT2D eigenvalue weighted by molar-refractivity contribution is -0.137. The molecule has 0 unspecified atom stereocenters. The van der Waals surface area contributed by atoms with E-state index in [4.69, 9.17) is 9.47 Å². The number of halogens is 3. The van der Waals surface area contributed by atoms with Crippen molar-refractivity contribution in [3.8, 4) is 0 Å². The van der Waals surface area contributed by atoms with Crippen LogP contribution >= 0.6 is 0 Å². The number of ether oxygens (including phenoxy) is 2. The van der Waals surface area contributed by atoms with Crippen LogP contribution in [0, 0.1) is 0 Å². The molecule has 2 saturated heterocycles. The maximum atomic E-state index is 12.8. The third-order valence-corrected chi connectivity index (χ3v) is 4.63. The second-order valence-electron chi connectivity index (χ2n) is 6.44. The van der Waals surface area contributed by atoms with E-state index in [1.165, 1.54) is 11.2 Å². The lowest BCUT2D eigenvalue weighted by atomic mass is 10.2. The van der Waals surface area contributed by atoms with Crippen LogP contribution in [0.2, 0.25) is 0 Å². The Labute approximate surface area is 151 Å². The summed E-state index contributed by atoms with van der Waals surface area (Å²) in [5, 5.41) is 4.07.